The van der Waals surface area contributed by atoms with Crippen molar-refractivity contribution in [3.63, 3.8) is 0 Å². The second-order valence-electron chi connectivity index (χ2n) is 6.37. The molecule has 0 spiro atoms. The molecule has 2 nitrogen and oxygen atoms in total. The predicted molar refractivity (Wildman–Crippen MR) is 74.9 cm³/mol. The molecule has 0 bridgehead atoms. The van der Waals surface area contributed by atoms with Crippen molar-refractivity contribution in [2.75, 3.05) is 0 Å². The first-order valence-electron chi connectivity index (χ1n) is 6.74. The number of nitrogens with two attached hydrogens (primary N) is 1. The number of rotatable bonds is 5. The quantitative estimate of drug-likeness (QED) is 0.637. The van der Waals surface area contributed by atoms with Gasteiger partial charge in [-0.05, 0) is 36.3 Å². The fraction of sp³-hybridized carbons (Fsp3) is 0.600. The first-order valence-corrected chi connectivity index (χ1v) is 6.74. The summed E-state index contributed by atoms with van der Waals surface area (Å²) in [5.41, 5.74) is 2.92. The minimum absolute atomic E-state index is 0.0160. The van der Waals surface area contributed by atoms with Gasteiger partial charge < -0.3 is 0 Å². The van der Waals surface area contributed by atoms with Crippen LogP contribution in [0.2, 0.25) is 0 Å². The molecule has 0 radical (unpaired) electrons. The number of alkyl halides is 3. The van der Waals surface area contributed by atoms with Crippen LogP contribution in [0.3, 0.4) is 0 Å². The van der Waals surface area contributed by atoms with Crippen LogP contribution in [-0.4, -0.2) is 6.04 Å². The van der Waals surface area contributed by atoms with Crippen LogP contribution in [0.15, 0.2) is 24.3 Å². The van der Waals surface area contributed by atoms with Crippen molar-refractivity contribution in [2.45, 2.75) is 52.3 Å². The third kappa shape index (κ3) is 5.92. The monoisotopic (exact) mass is 288 g/mol. The summed E-state index contributed by atoms with van der Waals surface area (Å²) < 4.78 is 38.0. The summed E-state index contributed by atoms with van der Waals surface area (Å²) in [4.78, 5) is 0. The van der Waals surface area contributed by atoms with E-state index in [4.69, 9.17) is 5.84 Å². The fourth-order valence-corrected chi connectivity index (χ4v) is 2.01. The molecule has 0 saturated carbocycles. The highest BCUT2D eigenvalue weighted by Gasteiger charge is 2.30. The van der Waals surface area contributed by atoms with Crippen LogP contribution in [0.25, 0.3) is 0 Å². The predicted octanol–water partition coefficient (Wildman–Crippen LogP) is 3.91. The van der Waals surface area contributed by atoms with Crippen LogP contribution >= 0.6 is 0 Å². The normalized spacial score (nSPS) is 14.3. The summed E-state index contributed by atoms with van der Waals surface area (Å²) >= 11 is 0. The minimum atomic E-state index is -4.30. The van der Waals surface area contributed by atoms with Gasteiger partial charge in [-0.3, -0.25) is 11.3 Å². The lowest BCUT2D eigenvalue weighted by Gasteiger charge is -2.23. The van der Waals surface area contributed by atoms with Gasteiger partial charge in [0, 0.05) is 6.04 Å². The van der Waals surface area contributed by atoms with Gasteiger partial charge >= 0.3 is 6.18 Å². The number of hydrogen-bond acceptors (Lipinski definition) is 2. The van der Waals surface area contributed by atoms with Gasteiger partial charge in [0.25, 0.3) is 0 Å². The summed E-state index contributed by atoms with van der Waals surface area (Å²) in [6.45, 7) is 6.39. The number of benzene rings is 1. The van der Waals surface area contributed by atoms with E-state index in [9.17, 15) is 13.2 Å². The minimum Gasteiger partial charge on any atom is -0.271 e. The molecule has 1 atom stereocenters. The smallest absolute Gasteiger partial charge is 0.271 e. The SMILES string of the molecule is CC(C)(C)CCC(Cc1cccc(C(F)(F)F)c1)NN. The number of hydrogen-bond donors (Lipinski definition) is 2. The first-order chi connectivity index (χ1) is 9.12. The molecular formula is C15H23F3N2. The van der Waals surface area contributed by atoms with E-state index < -0.39 is 11.7 Å². The van der Waals surface area contributed by atoms with E-state index in [1.807, 2.05) is 0 Å². The average molecular weight is 288 g/mol. The Morgan fingerprint density at radius 1 is 1.20 bits per heavy atom. The Balaban J connectivity index is 2.70. The molecule has 20 heavy (non-hydrogen) atoms. The summed E-state index contributed by atoms with van der Waals surface area (Å²) in [5.74, 6) is 5.50. The highest BCUT2D eigenvalue weighted by Crippen LogP contribution is 2.30. The topological polar surface area (TPSA) is 38.0 Å². The number of hydrazine groups is 1. The number of nitrogens with one attached hydrogen (secondary N) is 1. The lowest BCUT2D eigenvalue weighted by atomic mass is 9.87. The van der Waals surface area contributed by atoms with Gasteiger partial charge in [-0.25, -0.2) is 0 Å². The molecule has 0 saturated heterocycles. The Morgan fingerprint density at radius 3 is 2.35 bits per heavy atom. The standard InChI is InChI=1S/C15H23F3N2/c1-14(2,3)8-7-13(20-19)10-11-5-4-6-12(9-11)15(16,17)18/h4-6,9,13,20H,7-8,10,19H2,1-3H3. The van der Waals surface area contributed by atoms with Crippen LogP contribution in [0.1, 0.15) is 44.7 Å². The van der Waals surface area contributed by atoms with Crippen LogP contribution in [-0.2, 0) is 12.6 Å². The molecule has 0 aromatic heterocycles. The third-order valence-corrected chi connectivity index (χ3v) is 3.21. The van der Waals surface area contributed by atoms with Crippen molar-refractivity contribution < 1.29 is 13.2 Å². The highest BCUT2D eigenvalue weighted by molar-refractivity contribution is 5.26. The average Bonchev–Trinajstić information content (AvgIpc) is 2.32. The Labute approximate surface area is 118 Å². The van der Waals surface area contributed by atoms with Gasteiger partial charge in [0.1, 0.15) is 0 Å². The Hall–Kier alpha value is -1.07. The van der Waals surface area contributed by atoms with E-state index >= 15 is 0 Å². The molecular weight excluding hydrogens is 265 g/mol. The fourth-order valence-electron chi connectivity index (χ4n) is 2.01. The Bertz CT molecular complexity index is 422. The maximum absolute atomic E-state index is 12.7. The highest BCUT2D eigenvalue weighted by atomic mass is 19.4. The molecule has 1 unspecified atom stereocenters. The summed E-state index contributed by atoms with van der Waals surface area (Å²) in [6, 6.07) is 5.41. The van der Waals surface area contributed by atoms with E-state index in [1.54, 1.807) is 6.07 Å². The van der Waals surface area contributed by atoms with Gasteiger partial charge in [-0.15, -0.1) is 0 Å². The zero-order valence-electron chi connectivity index (χ0n) is 12.2. The molecule has 0 aliphatic carbocycles. The van der Waals surface area contributed by atoms with Gasteiger partial charge in [-0.2, -0.15) is 13.2 Å². The van der Waals surface area contributed by atoms with E-state index in [1.165, 1.54) is 12.1 Å². The van der Waals surface area contributed by atoms with Crippen molar-refractivity contribution in [1.29, 1.82) is 0 Å². The lowest BCUT2D eigenvalue weighted by Crippen LogP contribution is -2.37. The van der Waals surface area contributed by atoms with Gasteiger partial charge in [0.15, 0.2) is 0 Å². The van der Waals surface area contributed by atoms with Crippen molar-refractivity contribution in [3.8, 4) is 0 Å². The van der Waals surface area contributed by atoms with Crippen molar-refractivity contribution in [1.82, 2.24) is 5.43 Å². The van der Waals surface area contributed by atoms with Crippen molar-refractivity contribution in [3.05, 3.63) is 35.4 Å². The molecule has 1 aromatic carbocycles. The van der Waals surface area contributed by atoms with Crippen molar-refractivity contribution in [2.24, 2.45) is 11.3 Å². The molecule has 3 N–H and O–H groups in total. The van der Waals surface area contributed by atoms with Gasteiger partial charge in [-0.1, -0.05) is 39.0 Å². The molecule has 0 aliphatic rings. The molecule has 0 fully saturated rings. The molecule has 0 aliphatic heterocycles. The maximum atomic E-state index is 12.7. The van der Waals surface area contributed by atoms with E-state index in [2.05, 4.69) is 26.2 Å². The Kier molecular flexibility index (Phi) is 5.59. The van der Waals surface area contributed by atoms with E-state index in [0.717, 1.165) is 18.9 Å². The largest absolute Gasteiger partial charge is 0.416 e. The van der Waals surface area contributed by atoms with Crippen LogP contribution in [0, 0.1) is 5.41 Å². The molecule has 1 aromatic rings. The molecule has 114 valence electrons. The lowest BCUT2D eigenvalue weighted by molar-refractivity contribution is -0.137. The molecule has 0 amide bonds. The van der Waals surface area contributed by atoms with Crippen molar-refractivity contribution >= 4 is 0 Å². The zero-order valence-corrected chi connectivity index (χ0v) is 12.2. The second-order valence-corrected chi connectivity index (χ2v) is 6.37. The molecule has 5 heteroatoms. The van der Waals surface area contributed by atoms with E-state index in [0.29, 0.717) is 12.0 Å². The van der Waals surface area contributed by atoms with Gasteiger partial charge in [0.2, 0.25) is 0 Å². The summed E-state index contributed by atoms with van der Waals surface area (Å²) in [6.07, 6.45) is -2.01. The van der Waals surface area contributed by atoms with Gasteiger partial charge in [0.05, 0.1) is 5.56 Å². The molecule has 0 heterocycles. The number of halogens is 3. The van der Waals surface area contributed by atoms with Crippen LogP contribution in [0.4, 0.5) is 13.2 Å². The zero-order chi connectivity index (χ0) is 15.4. The third-order valence-electron chi connectivity index (χ3n) is 3.21. The summed E-state index contributed by atoms with van der Waals surface area (Å²) in [7, 11) is 0. The van der Waals surface area contributed by atoms with Crippen LogP contribution in [0.5, 0.6) is 0 Å². The first kappa shape index (κ1) is 17.0. The molecule has 1 rings (SSSR count). The van der Waals surface area contributed by atoms with E-state index in [-0.39, 0.29) is 11.5 Å². The maximum Gasteiger partial charge on any atom is 0.416 e. The Morgan fingerprint density at radius 2 is 1.85 bits per heavy atom. The summed E-state index contributed by atoms with van der Waals surface area (Å²) in [5, 5.41) is 0. The second kappa shape index (κ2) is 6.59. The van der Waals surface area contributed by atoms with Crippen LogP contribution < -0.4 is 11.3 Å².